The first-order chi connectivity index (χ1) is 12.5. The summed E-state index contributed by atoms with van der Waals surface area (Å²) in [7, 11) is -2.63. The molecule has 132 valence electrons. The van der Waals surface area contributed by atoms with Crippen LogP contribution in [-0.2, 0) is 14.8 Å². The van der Waals surface area contributed by atoms with Crippen LogP contribution in [0.15, 0.2) is 84.3 Å². The van der Waals surface area contributed by atoms with Gasteiger partial charge in [0, 0.05) is 5.39 Å². The molecule has 0 saturated heterocycles. The zero-order valence-electron chi connectivity index (χ0n) is 14.1. The summed E-state index contributed by atoms with van der Waals surface area (Å²) in [6.07, 6.45) is 0.989. The molecule has 26 heavy (non-hydrogen) atoms. The molecular formula is C20H17NO4S. The van der Waals surface area contributed by atoms with E-state index >= 15 is 0 Å². The highest BCUT2D eigenvalue weighted by atomic mass is 32.2. The Labute approximate surface area is 152 Å². The molecule has 0 radical (unpaired) electrons. The van der Waals surface area contributed by atoms with Gasteiger partial charge in [0.2, 0.25) is 0 Å². The monoisotopic (exact) mass is 367 g/mol. The van der Waals surface area contributed by atoms with Crippen molar-refractivity contribution in [2.75, 3.05) is 11.4 Å². The molecule has 0 aliphatic heterocycles. The van der Waals surface area contributed by atoms with E-state index in [1.807, 2.05) is 18.2 Å². The summed E-state index contributed by atoms with van der Waals surface area (Å²) in [5.41, 5.74) is 0.281. The van der Waals surface area contributed by atoms with Crippen LogP contribution in [0.25, 0.3) is 10.8 Å². The van der Waals surface area contributed by atoms with Crippen molar-refractivity contribution in [1.29, 1.82) is 0 Å². The number of nitrogens with zero attached hydrogens (tertiary/aromatic N) is 1. The van der Waals surface area contributed by atoms with Crippen molar-refractivity contribution in [3.8, 4) is 5.75 Å². The predicted octanol–water partition coefficient (Wildman–Crippen LogP) is 3.76. The van der Waals surface area contributed by atoms with Crippen LogP contribution >= 0.6 is 0 Å². The van der Waals surface area contributed by atoms with E-state index in [1.54, 1.807) is 24.3 Å². The molecule has 0 bridgehead atoms. The molecule has 0 aliphatic carbocycles. The highest BCUT2D eigenvalue weighted by Crippen LogP contribution is 2.31. The van der Waals surface area contributed by atoms with E-state index in [4.69, 9.17) is 4.74 Å². The second-order valence-electron chi connectivity index (χ2n) is 5.49. The van der Waals surface area contributed by atoms with Gasteiger partial charge in [-0.3, -0.25) is 4.79 Å². The Morgan fingerprint density at radius 1 is 1.00 bits per heavy atom. The van der Waals surface area contributed by atoms with E-state index in [9.17, 15) is 13.2 Å². The number of rotatable bonds is 5. The van der Waals surface area contributed by atoms with Crippen LogP contribution in [0.3, 0.4) is 0 Å². The molecule has 0 spiro atoms. The fourth-order valence-corrected chi connectivity index (χ4v) is 4.11. The van der Waals surface area contributed by atoms with Crippen LogP contribution in [0.4, 0.5) is 5.69 Å². The summed E-state index contributed by atoms with van der Waals surface area (Å²) < 4.78 is 32.2. The molecule has 0 N–H and O–H groups in total. The van der Waals surface area contributed by atoms with Crippen molar-refractivity contribution in [2.45, 2.75) is 4.90 Å². The maximum Gasteiger partial charge on any atom is 0.271 e. The van der Waals surface area contributed by atoms with Crippen molar-refractivity contribution in [3.05, 3.63) is 79.4 Å². The van der Waals surface area contributed by atoms with Crippen molar-refractivity contribution in [3.63, 3.8) is 0 Å². The summed E-state index contributed by atoms with van der Waals surface area (Å²) >= 11 is 0. The van der Waals surface area contributed by atoms with Gasteiger partial charge in [-0.1, -0.05) is 43.0 Å². The number of amides is 1. The fourth-order valence-electron chi connectivity index (χ4n) is 2.69. The number of hydrogen-bond acceptors (Lipinski definition) is 4. The summed E-state index contributed by atoms with van der Waals surface area (Å²) in [6, 6.07) is 18.3. The lowest BCUT2D eigenvalue weighted by molar-refractivity contribution is -0.113. The molecule has 0 atom stereocenters. The van der Waals surface area contributed by atoms with Crippen LogP contribution in [0.5, 0.6) is 5.75 Å². The van der Waals surface area contributed by atoms with E-state index in [0.717, 1.165) is 15.8 Å². The largest absolute Gasteiger partial charge is 0.497 e. The second-order valence-corrected chi connectivity index (χ2v) is 7.27. The van der Waals surface area contributed by atoms with E-state index < -0.39 is 15.9 Å². The number of hydrogen-bond donors (Lipinski definition) is 0. The van der Waals surface area contributed by atoms with Gasteiger partial charge in [0.05, 0.1) is 17.7 Å². The lowest BCUT2D eigenvalue weighted by Gasteiger charge is -2.23. The molecule has 6 heteroatoms. The minimum absolute atomic E-state index is 0.0126. The highest BCUT2D eigenvalue weighted by Gasteiger charge is 2.30. The molecule has 5 nitrogen and oxygen atoms in total. The molecule has 3 rings (SSSR count). The lowest BCUT2D eigenvalue weighted by atomic mass is 10.1. The van der Waals surface area contributed by atoms with Gasteiger partial charge in [0.25, 0.3) is 15.9 Å². The average molecular weight is 367 g/mol. The summed E-state index contributed by atoms with van der Waals surface area (Å²) in [5, 5.41) is 1.49. The summed E-state index contributed by atoms with van der Waals surface area (Å²) in [6.45, 7) is 3.45. The van der Waals surface area contributed by atoms with Gasteiger partial charge in [-0.2, -0.15) is 4.31 Å². The Bertz CT molecular complexity index is 1070. The van der Waals surface area contributed by atoms with Crippen LogP contribution in [0.2, 0.25) is 0 Å². The van der Waals surface area contributed by atoms with Crippen molar-refractivity contribution in [1.82, 2.24) is 0 Å². The molecule has 0 fully saturated rings. The topological polar surface area (TPSA) is 63.7 Å². The quantitative estimate of drug-likeness (QED) is 0.644. The van der Waals surface area contributed by atoms with Crippen molar-refractivity contribution < 1.29 is 17.9 Å². The van der Waals surface area contributed by atoms with E-state index in [2.05, 4.69) is 6.58 Å². The molecule has 0 aromatic heterocycles. The first-order valence-corrected chi connectivity index (χ1v) is 9.26. The summed E-state index contributed by atoms with van der Waals surface area (Å²) in [4.78, 5) is 12.5. The Morgan fingerprint density at radius 2 is 1.65 bits per heavy atom. The van der Waals surface area contributed by atoms with Gasteiger partial charge in [0.15, 0.2) is 0 Å². The number of carbonyl (C=O) groups is 1. The van der Waals surface area contributed by atoms with Crippen LogP contribution in [0, 0.1) is 0 Å². The molecule has 0 heterocycles. The van der Waals surface area contributed by atoms with Crippen LogP contribution in [0.1, 0.15) is 0 Å². The zero-order chi connectivity index (χ0) is 18.7. The Kier molecular flexibility index (Phi) is 4.77. The maximum atomic E-state index is 13.2. The predicted molar refractivity (Wildman–Crippen MR) is 102 cm³/mol. The third kappa shape index (κ3) is 3.07. The standard InChI is InChI=1S/C20H17NO4S/c1-3-20(22)21(19-10-6-8-15-7-4-5-9-18(15)19)26(23,24)17-13-11-16(25-2)12-14-17/h3-14H,1H2,2H3. The van der Waals surface area contributed by atoms with Gasteiger partial charge in [-0.05, 0) is 41.8 Å². The Balaban J connectivity index is 2.22. The second kappa shape index (κ2) is 7.01. The molecule has 1 amide bonds. The number of sulfonamides is 1. The number of carbonyl (C=O) groups excluding carboxylic acids is 1. The number of fused-ring (bicyclic) bond motifs is 1. The van der Waals surface area contributed by atoms with Crippen LogP contribution < -0.4 is 9.04 Å². The first kappa shape index (κ1) is 17.7. The molecule has 0 saturated carbocycles. The SMILES string of the molecule is C=CC(=O)N(c1cccc2ccccc12)S(=O)(=O)c1ccc(OC)cc1. The van der Waals surface area contributed by atoms with Gasteiger partial charge >= 0.3 is 0 Å². The van der Waals surface area contributed by atoms with Gasteiger partial charge < -0.3 is 4.74 Å². The average Bonchev–Trinajstić information content (AvgIpc) is 2.68. The van der Waals surface area contributed by atoms with Gasteiger partial charge in [-0.15, -0.1) is 0 Å². The third-order valence-electron chi connectivity index (χ3n) is 3.96. The van der Waals surface area contributed by atoms with E-state index in [0.29, 0.717) is 11.1 Å². The normalized spacial score (nSPS) is 11.1. The first-order valence-electron chi connectivity index (χ1n) is 7.82. The maximum absolute atomic E-state index is 13.2. The zero-order valence-corrected chi connectivity index (χ0v) is 14.9. The lowest BCUT2D eigenvalue weighted by Crippen LogP contribution is -2.35. The number of benzene rings is 3. The van der Waals surface area contributed by atoms with Gasteiger partial charge in [0.1, 0.15) is 5.75 Å². The third-order valence-corrected chi connectivity index (χ3v) is 5.68. The Hall–Kier alpha value is -3.12. The van der Waals surface area contributed by atoms with Crippen molar-refractivity contribution in [2.24, 2.45) is 0 Å². The Morgan fingerprint density at radius 3 is 2.31 bits per heavy atom. The molecular weight excluding hydrogens is 350 g/mol. The number of ether oxygens (including phenoxy) is 1. The smallest absolute Gasteiger partial charge is 0.271 e. The highest BCUT2D eigenvalue weighted by molar-refractivity contribution is 7.93. The molecule has 0 unspecified atom stereocenters. The summed E-state index contributed by atoms with van der Waals surface area (Å²) in [5.74, 6) is -0.201. The number of methoxy groups -OCH3 is 1. The fraction of sp³-hybridized carbons (Fsp3) is 0.0500. The van der Waals surface area contributed by atoms with E-state index in [1.165, 1.54) is 31.4 Å². The van der Waals surface area contributed by atoms with E-state index in [-0.39, 0.29) is 10.6 Å². The van der Waals surface area contributed by atoms with Gasteiger partial charge in [-0.25, -0.2) is 8.42 Å². The molecule has 3 aromatic rings. The van der Waals surface area contributed by atoms with Crippen molar-refractivity contribution >= 4 is 32.4 Å². The molecule has 3 aromatic carbocycles. The minimum atomic E-state index is -4.12. The molecule has 0 aliphatic rings. The minimum Gasteiger partial charge on any atom is -0.497 e. The van der Waals surface area contributed by atoms with Crippen LogP contribution in [-0.4, -0.2) is 21.4 Å². The number of anilines is 1.